The summed E-state index contributed by atoms with van der Waals surface area (Å²) in [5.74, 6) is -0.895. The molecule has 110 valence electrons. The maximum absolute atomic E-state index is 12.8. The summed E-state index contributed by atoms with van der Waals surface area (Å²) >= 11 is 0. The summed E-state index contributed by atoms with van der Waals surface area (Å²) in [5.41, 5.74) is -0.281. The van der Waals surface area contributed by atoms with Gasteiger partial charge in [0.05, 0.1) is 0 Å². The Kier molecular flexibility index (Phi) is 3.93. The van der Waals surface area contributed by atoms with Crippen molar-refractivity contribution in [2.75, 3.05) is 5.32 Å². The molecule has 0 radical (unpaired) electrons. The third-order valence-electron chi connectivity index (χ3n) is 3.02. The molecule has 0 fully saturated rings. The lowest BCUT2D eigenvalue weighted by Crippen LogP contribution is -2.37. The third kappa shape index (κ3) is 3.37. The number of carbonyl (C=O) groups is 1. The standard InChI is InChI=1S/C16H17FN2O2/c1-16(2,3)19-10-4-5-13(15(19)21)14(20)18-12-8-6-11(17)7-9-12/h4-10H,1-3H3,(H,18,20). The molecule has 1 N–H and O–H groups in total. The predicted molar refractivity (Wildman–Crippen MR) is 80.1 cm³/mol. The molecule has 21 heavy (non-hydrogen) atoms. The topological polar surface area (TPSA) is 51.1 Å². The van der Waals surface area contributed by atoms with Gasteiger partial charge in [0, 0.05) is 17.4 Å². The van der Waals surface area contributed by atoms with Crippen molar-refractivity contribution in [3.8, 4) is 0 Å². The summed E-state index contributed by atoms with van der Waals surface area (Å²) in [6.07, 6.45) is 1.65. The molecule has 1 aromatic heterocycles. The normalized spacial score (nSPS) is 11.2. The van der Waals surface area contributed by atoms with Crippen molar-refractivity contribution < 1.29 is 9.18 Å². The SMILES string of the molecule is CC(C)(C)n1cccc(C(=O)Nc2ccc(F)cc2)c1=O. The maximum atomic E-state index is 12.8. The van der Waals surface area contributed by atoms with Crippen molar-refractivity contribution in [3.63, 3.8) is 0 Å². The van der Waals surface area contributed by atoms with Gasteiger partial charge in [-0.25, -0.2) is 4.39 Å². The number of nitrogens with zero attached hydrogens (tertiary/aromatic N) is 1. The fourth-order valence-electron chi connectivity index (χ4n) is 1.93. The van der Waals surface area contributed by atoms with Gasteiger partial charge in [0.15, 0.2) is 0 Å². The molecule has 0 saturated heterocycles. The van der Waals surface area contributed by atoms with Crippen LogP contribution in [0.3, 0.4) is 0 Å². The number of pyridine rings is 1. The van der Waals surface area contributed by atoms with Crippen LogP contribution in [0.5, 0.6) is 0 Å². The Morgan fingerprint density at radius 2 is 1.76 bits per heavy atom. The van der Waals surface area contributed by atoms with Crippen LogP contribution in [-0.2, 0) is 5.54 Å². The second kappa shape index (κ2) is 5.52. The Balaban J connectivity index is 2.32. The first kappa shape index (κ1) is 15.0. The molecule has 0 atom stereocenters. The molecule has 0 aliphatic heterocycles. The molecule has 1 aromatic carbocycles. The van der Waals surface area contributed by atoms with Gasteiger partial charge in [0.1, 0.15) is 11.4 Å². The molecule has 0 unspecified atom stereocenters. The summed E-state index contributed by atoms with van der Waals surface area (Å²) < 4.78 is 14.3. The van der Waals surface area contributed by atoms with E-state index in [2.05, 4.69) is 5.32 Å². The van der Waals surface area contributed by atoms with Crippen molar-refractivity contribution in [3.05, 3.63) is 64.3 Å². The fraction of sp³-hybridized carbons (Fsp3) is 0.250. The van der Waals surface area contributed by atoms with Gasteiger partial charge in [-0.05, 0) is 57.2 Å². The largest absolute Gasteiger partial charge is 0.322 e. The summed E-state index contributed by atoms with van der Waals surface area (Å²) in [7, 11) is 0. The van der Waals surface area contributed by atoms with E-state index >= 15 is 0 Å². The molecular formula is C16H17FN2O2. The molecule has 1 heterocycles. The summed E-state index contributed by atoms with van der Waals surface area (Å²) in [4.78, 5) is 24.5. The van der Waals surface area contributed by atoms with Gasteiger partial charge in [0.25, 0.3) is 11.5 Å². The Hall–Kier alpha value is -2.43. The van der Waals surface area contributed by atoms with E-state index in [1.165, 1.54) is 34.9 Å². The molecule has 1 amide bonds. The van der Waals surface area contributed by atoms with E-state index in [1.54, 1.807) is 12.3 Å². The van der Waals surface area contributed by atoms with E-state index in [-0.39, 0.29) is 16.9 Å². The van der Waals surface area contributed by atoms with Crippen LogP contribution in [0.15, 0.2) is 47.4 Å². The number of halogens is 1. The highest BCUT2D eigenvalue weighted by atomic mass is 19.1. The quantitative estimate of drug-likeness (QED) is 0.923. The van der Waals surface area contributed by atoms with Crippen LogP contribution in [0.1, 0.15) is 31.1 Å². The number of benzene rings is 1. The van der Waals surface area contributed by atoms with Crippen LogP contribution in [0.25, 0.3) is 0 Å². The molecule has 0 aliphatic carbocycles. The lowest BCUT2D eigenvalue weighted by atomic mass is 10.1. The second-order valence-electron chi connectivity index (χ2n) is 5.73. The Morgan fingerprint density at radius 3 is 2.33 bits per heavy atom. The average molecular weight is 288 g/mol. The van der Waals surface area contributed by atoms with Gasteiger partial charge >= 0.3 is 0 Å². The minimum atomic E-state index is -0.509. The van der Waals surface area contributed by atoms with Gasteiger partial charge in [-0.2, -0.15) is 0 Å². The van der Waals surface area contributed by atoms with E-state index in [9.17, 15) is 14.0 Å². The molecule has 0 saturated carbocycles. The third-order valence-corrected chi connectivity index (χ3v) is 3.02. The number of hydrogen-bond acceptors (Lipinski definition) is 2. The van der Waals surface area contributed by atoms with E-state index < -0.39 is 11.4 Å². The lowest BCUT2D eigenvalue weighted by Gasteiger charge is -2.22. The zero-order valence-electron chi connectivity index (χ0n) is 12.2. The minimum absolute atomic E-state index is 0.0525. The maximum Gasteiger partial charge on any atom is 0.263 e. The first-order valence-electron chi connectivity index (χ1n) is 6.58. The first-order valence-corrected chi connectivity index (χ1v) is 6.58. The number of anilines is 1. The van der Waals surface area contributed by atoms with Gasteiger partial charge in [-0.1, -0.05) is 0 Å². The molecule has 0 bridgehead atoms. The van der Waals surface area contributed by atoms with Crippen LogP contribution in [0.2, 0.25) is 0 Å². The summed E-state index contributed by atoms with van der Waals surface area (Å²) in [5, 5.41) is 2.59. The highest BCUT2D eigenvalue weighted by Crippen LogP contribution is 2.12. The molecule has 4 nitrogen and oxygen atoms in total. The monoisotopic (exact) mass is 288 g/mol. The molecule has 2 rings (SSSR count). The molecule has 0 spiro atoms. The zero-order valence-corrected chi connectivity index (χ0v) is 12.2. The van der Waals surface area contributed by atoms with E-state index in [0.29, 0.717) is 5.69 Å². The van der Waals surface area contributed by atoms with Crippen LogP contribution in [-0.4, -0.2) is 10.5 Å². The number of amides is 1. The van der Waals surface area contributed by atoms with E-state index in [4.69, 9.17) is 0 Å². The van der Waals surface area contributed by atoms with Crippen molar-refractivity contribution in [1.82, 2.24) is 4.57 Å². The van der Waals surface area contributed by atoms with Crippen molar-refractivity contribution in [2.24, 2.45) is 0 Å². The molecule has 5 heteroatoms. The van der Waals surface area contributed by atoms with E-state index in [0.717, 1.165) is 0 Å². The van der Waals surface area contributed by atoms with E-state index in [1.807, 2.05) is 20.8 Å². The number of hydrogen-bond donors (Lipinski definition) is 1. The Morgan fingerprint density at radius 1 is 1.14 bits per heavy atom. The highest BCUT2D eigenvalue weighted by Gasteiger charge is 2.19. The van der Waals surface area contributed by atoms with Crippen molar-refractivity contribution in [1.29, 1.82) is 0 Å². The van der Waals surface area contributed by atoms with Crippen LogP contribution < -0.4 is 10.9 Å². The summed E-state index contributed by atoms with van der Waals surface area (Å²) in [6.45, 7) is 5.65. The van der Waals surface area contributed by atoms with Crippen molar-refractivity contribution >= 4 is 11.6 Å². The number of nitrogens with one attached hydrogen (secondary N) is 1. The Labute approximate surface area is 122 Å². The number of rotatable bonds is 2. The summed E-state index contributed by atoms with van der Waals surface area (Å²) in [6, 6.07) is 8.51. The van der Waals surface area contributed by atoms with Gasteiger partial charge in [0.2, 0.25) is 0 Å². The number of carbonyl (C=O) groups excluding carboxylic acids is 1. The molecule has 0 aliphatic rings. The van der Waals surface area contributed by atoms with Gasteiger partial charge < -0.3 is 9.88 Å². The van der Waals surface area contributed by atoms with Gasteiger partial charge in [-0.3, -0.25) is 9.59 Å². The molecule has 2 aromatic rings. The first-order chi connectivity index (χ1) is 9.79. The second-order valence-corrected chi connectivity index (χ2v) is 5.73. The minimum Gasteiger partial charge on any atom is -0.322 e. The number of aromatic nitrogens is 1. The van der Waals surface area contributed by atoms with Crippen LogP contribution >= 0.6 is 0 Å². The highest BCUT2D eigenvalue weighted by molar-refractivity contribution is 6.03. The Bertz CT molecular complexity index is 712. The zero-order chi connectivity index (χ0) is 15.6. The fourth-order valence-corrected chi connectivity index (χ4v) is 1.93. The lowest BCUT2D eigenvalue weighted by molar-refractivity contribution is 0.102. The average Bonchev–Trinajstić information content (AvgIpc) is 2.40. The van der Waals surface area contributed by atoms with Crippen molar-refractivity contribution in [2.45, 2.75) is 26.3 Å². The van der Waals surface area contributed by atoms with Crippen LogP contribution in [0.4, 0.5) is 10.1 Å². The smallest absolute Gasteiger partial charge is 0.263 e. The van der Waals surface area contributed by atoms with Gasteiger partial charge in [-0.15, -0.1) is 0 Å². The predicted octanol–water partition coefficient (Wildman–Crippen LogP) is 2.99. The van der Waals surface area contributed by atoms with Crippen LogP contribution in [0, 0.1) is 5.82 Å². The molecular weight excluding hydrogens is 271 g/mol.